The molecule has 0 fully saturated rings. The highest BCUT2D eigenvalue weighted by Gasteiger charge is 2.15. The Kier molecular flexibility index (Phi) is 4.86. The van der Waals surface area contributed by atoms with Gasteiger partial charge in [-0.25, -0.2) is 18.1 Å². The quantitative estimate of drug-likeness (QED) is 0.771. The summed E-state index contributed by atoms with van der Waals surface area (Å²) >= 11 is 0. The number of aryl methyl sites for hydroxylation is 1. The van der Waals surface area contributed by atoms with Crippen LogP contribution in [-0.2, 0) is 10.0 Å². The monoisotopic (exact) mass is 269 g/mol. The number of sulfonamides is 1. The first kappa shape index (κ1) is 14.7. The molecule has 6 heteroatoms. The normalized spacial score (nSPS) is 11.6. The van der Waals surface area contributed by atoms with Crippen LogP contribution in [0.25, 0.3) is 0 Å². The van der Waals surface area contributed by atoms with Crippen molar-refractivity contribution in [2.24, 2.45) is 0 Å². The van der Waals surface area contributed by atoms with E-state index in [0.717, 1.165) is 5.56 Å². The molecular weight excluding hydrogens is 250 g/mol. The summed E-state index contributed by atoms with van der Waals surface area (Å²) in [5, 5.41) is 3.15. The lowest BCUT2D eigenvalue weighted by atomic mass is 10.2. The summed E-state index contributed by atoms with van der Waals surface area (Å²) in [5.74, 6) is 0.702. The Morgan fingerprint density at radius 3 is 2.67 bits per heavy atom. The van der Waals surface area contributed by atoms with Crippen molar-refractivity contribution in [1.82, 2.24) is 9.71 Å². The summed E-state index contributed by atoms with van der Waals surface area (Å²) in [6, 6.07) is 1.85. The zero-order chi connectivity index (χ0) is 13.8. The highest BCUT2D eigenvalue weighted by molar-refractivity contribution is 7.89. The molecule has 18 heavy (non-hydrogen) atoms. The highest BCUT2D eigenvalue weighted by Crippen LogP contribution is 2.16. The second-order valence-corrected chi connectivity index (χ2v) is 6.04. The molecule has 0 aromatic carbocycles. The van der Waals surface area contributed by atoms with Crippen LogP contribution in [0.5, 0.6) is 0 Å². The number of nitrogens with one attached hydrogen (secondary N) is 2. The molecule has 5 nitrogen and oxygen atoms in total. The summed E-state index contributed by atoms with van der Waals surface area (Å²) in [7, 11) is -3.50. The molecule has 0 spiro atoms. The van der Waals surface area contributed by atoms with Crippen molar-refractivity contribution in [3.63, 3.8) is 0 Å². The third kappa shape index (κ3) is 3.82. The molecule has 0 atom stereocenters. The number of hydrogen-bond donors (Lipinski definition) is 2. The van der Waals surface area contributed by atoms with Crippen molar-refractivity contribution in [1.29, 1.82) is 0 Å². The molecule has 2 N–H and O–H groups in total. The molecule has 0 unspecified atom stereocenters. The molecule has 0 aliphatic carbocycles. The fourth-order valence-corrected chi connectivity index (χ4v) is 2.40. The van der Waals surface area contributed by atoms with Crippen molar-refractivity contribution in [2.75, 3.05) is 11.9 Å². The van der Waals surface area contributed by atoms with Gasteiger partial charge >= 0.3 is 0 Å². The topological polar surface area (TPSA) is 71.1 Å². The maximum Gasteiger partial charge on any atom is 0.242 e. The fraction of sp³-hybridized carbons (Fsp3) is 0.417. The van der Waals surface area contributed by atoms with Crippen LogP contribution in [0.4, 0.5) is 5.82 Å². The lowest BCUT2D eigenvalue weighted by Crippen LogP contribution is -2.24. The van der Waals surface area contributed by atoms with Crippen molar-refractivity contribution < 1.29 is 8.42 Å². The number of aromatic nitrogens is 1. The average molecular weight is 269 g/mol. The Labute approximate surface area is 108 Å². The molecule has 0 aliphatic heterocycles. The third-order valence-electron chi connectivity index (χ3n) is 2.21. The molecular formula is C12H19N3O2S. The van der Waals surface area contributed by atoms with Gasteiger partial charge in [0.2, 0.25) is 10.0 Å². The van der Waals surface area contributed by atoms with E-state index in [1.165, 1.54) is 12.3 Å². The maximum absolute atomic E-state index is 11.9. The van der Waals surface area contributed by atoms with Crippen LogP contribution in [-0.4, -0.2) is 26.0 Å². The van der Waals surface area contributed by atoms with Crippen molar-refractivity contribution in [3.8, 4) is 0 Å². The molecule has 100 valence electrons. The highest BCUT2D eigenvalue weighted by atomic mass is 32.2. The van der Waals surface area contributed by atoms with Gasteiger partial charge in [-0.1, -0.05) is 6.08 Å². The number of anilines is 1. The fourth-order valence-electron chi connectivity index (χ4n) is 1.37. The van der Waals surface area contributed by atoms with Gasteiger partial charge in [-0.3, -0.25) is 0 Å². The molecule has 0 saturated heterocycles. The maximum atomic E-state index is 11.9. The first-order chi connectivity index (χ1) is 8.36. The van der Waals surface area contributed by atoms with Gasteiger partial charge in [0.25, 0.3) is 0 Å². The van der Waals surface area contributed by atoms with E-state index >= 15 is 0 Å². The summed E-state index contributed by atoms with van der Waals surface area (Å²) in [4.78, 5) is 4.30. The summed E-state index contributed by atoms with van der Waals surface area (Å²) in [6.45, 7) is 9.49. The SMILES string of the molecule is C=CCNS(=O)(=O)c1cnc(NC(C)C)c(C)c1. The smallest absolute Gasteiger partial charge is 0.242 e. The van der Waals surface area contributed by atoms with E-state index in [4.69, 9.17) is 0 Å². The number of nitrogens with zero attached hydrogens (tertiary/aromatic N) is 1. The van der Waals surface area contributed by atoms with Gasteiger partial charge in [0, 0.05) is 18.8 Å². The summed E-state index contributed by atoms with van der Waals surface area (Å²) in [6.07, 6.45) is 2.84. The molecule has 1 heterocycles. The van der Waals surface area contributed by atoms with Gasteiger partial charge in [0.15, 0.2) is 0 Å². The van der Waals surface area contributed by atoms with Gasteiger partial charge in [-0.15, -0.1) is 6.58 Å². The van der Waals surface area contributed by atoms with Gasteiger partial charge in [-0.05, 0) is 32.4 Å². The molecule has 0 aliphatic rings. The first-order valence-corrected chi connectivity index (χ1v) is 7.19. The molecule has 1 aromatic heterocycles. The number of pyridine rings is 1. The number of rotatable bonds is 6. The van der Waals surface area contributed by atoms with Crippen LogP contribution in [0.2, 0.25) is 0 Å². The average Bonchev–Trinajstić information content (AvgIpc) is 2.28. The van der Waals surface area contributed by atoms with Crippen LogP contribution < -0.4 is 10.0 Å². The summed E-state index contributed by atoms with van der Waals surface area (Å²) < 4.78 is 26.1. The van der Waals surface area contributed by atoms with Crippen LogP contribution >= 0.6 is 0 Å². The Hall–Kier alpha value is -1.40. The molecule has 0 amide bonds. The van der Waals surface area contributed by atoms with E-state index in [9.17, 15) is 8.42 Å². The van der Waals surface area contributed by atoms with Gasteiger partial charge in [0.05, 0.1) is 0 Å². The minimum Gasteiger partial charge on any atom is -0.368 e. The van der Waals surface area contributed by atoms with Crippen LogP contribution in [0.15, 0.2) is 29.8 Å². The van der Waals surface area contributed by atoms with E-state index in [1.807, 2.05) is 20.8 Å². The molecule has 0 saturated carbocycles. The Bertz CT molecular complexity index is 524. The van der Waals surface area contributed by atoms with E-state index in [2.05, 4.69) is 21.6 Å². The predicted molar refractivity (Wildman–Crippen MR) is 73.1 cm³/mol. The van der Waals surface area contributed by atoms with E-state index in [1.54, 1.807) is 6.07 Å². The molecule has 0 radical (unpaired) electrons. The summed E-state index contributed by atoms with van der Waals surface area (Å²) in [5.41, 5.74) is 0.796. The van der Waals surface area contributed by atoms with E-state index < -0.39 is 10.0 Å². The zero-order valence-electron chi connectivity index (χ0n) is 10.9. The first-order valence-electron chi connectivity index (χ1n) is 5.70. The molecule has 0 bridgehead atoms. The third-order valence-corrected chi connectivity index (χ3v) is 3.60. The minimum atomic E-state index is -3.50. The molecule has 1 aromatic rings. The predicted octanol–water partition coefficient (Wildman–Crippen LogP) is 1.67. The lowest BCUT2D eigenvalue weighted by molar-refractivity contribution is 0.585. The van der Waals surface area contributed by atoms with Crippen LogP contribution in [0.3, 0.4) is 0 Å². The molecule has 1 rings (SSSR count). The van der Waals surface area contributed by atoms with Crippen molar-refractivity contribution in [3.05, 3.63) is 30.5 Å². The second kappa shape index (κ2) is 5.97. The van der Waals surface area contributed by atoms with E-state index in [-0.39, 0.29) is 17.5 Å². The van der Waals surface area contributed by atoms with Crippen LogP contribution in [0, 0.1) is 6.92 Å². The van der Waals surface area contributed by atoms with Crippen molar-refractivity contribution in [2.45, 2.75) is 31.7 Å². The van der Waals surface area contributed by atoms with Crippen LogP contribution in [0.1, 0.15) is 19.4 Å². The standard InChI is InChI=1S/C12H19N3O2S/c1-5-6-14-18(16,17)11-7-10(4)12(13-8-11)15-9(2)3/h5,7-9,14H,1,6H2,2-4H3,(H,13,15). The second-order valence-electron chi connectivity index (χ2n) is 4.28. The Morgan fingerprint density at radius 1 is 1.50 bits per heavy atom. The minimum absolute atomic E-state index is 0.163. The zero-order valence-corrected chi connectivity index (χ0v) is 11.7. The van der Waals surface area contributed by atoms with Crippen molar-refractivity contribution >= 4 is 15.8 Å². The Morgan fingerprint density at radius 2 is 2.17 bits per heavy atom. The van der Waals surface area contributed by atoms with E-state index in [0.29, 0.717) is 5.82 Å². The number of hydrogen-bond acceptors (Lipinski definition) is 4. The Balaban J connectivity index is 3.00. The van der Waals surface area contributed by atoms with Gasteiger partial charge in [0.1, 0.15) is 10.7 Å². The van der Waals surface area contributed by atoms with Gasteiger partial charge < -0.3 is 5.32 Å². The lowest BCUT2D eigenvalue weighted by Gasteiger charge is -2.12. The van der Waals surface area contributed by atoms with Gasteiger partial charge in [-0.2, -0.15) is 0 Å². The largest absolute Gasteiger partial charge is 0.368 e.